The number of benzene rings is 3. The van der Waals surface area contributed by atoms with Crippen molar-refractivity contribution in [2.75, 3.05) is 38.9 Å². The lowest BCUT2D eigenvalue weighted by Crippen LogP contribution is -2.45. The summed E-state index contributed by atoms with van der Waals surface area (Å²) in [7, 11) is 3.40. The first kappa shape index (κ1) is 18.6. The van der Waals surface area contributed by atoms with Gasteiger partial charge in [0.25, 0.3) is 0 Å². The quantitative estimate of drug-likeness (QED) is 0.624. The van der Waals surface area contributed by atoms with Crippen LogP contribution in [0.1, 0.15) is 16.7 Å². The maximum atomic E-state index is 5.64. The van der Waals surface area contributed by atoms with Crippen LogP contribution in [-0.2, 0) is 6.42 Å². The summed E-state index contributed by atoms with van der Waals surface area (Å²) in [6, 6.07) is 25.7. The van der Waals surface area contributed by atoms with E-state index in [1.807, 2.05) is 0 Å². The van der Waals surface area contributed by atoms with Crippen molar-refractivity contribution in [3.8, 4) is 11.5 Å². The molecule has 3 aromatic carbocycles. The second-order valence-electron chi connectivity index (χ2n) is 7.75. The third-order valence-corrected chi connectivity index (χ3v) is 6.05. The molecule has 4 nitrogen and oxygen atoms in total. The molecule has 0 aromatic heterocycles. The first-order valence-corrected chi connectivity index (χ1v) is 10.4. The molecule has 0 saturated heterocycles. The molecule has 4 heteroatoms. The molecular formula is C26H26N2O2. The van der Waals surface area contributed by atoms with Gasteiger partial charge in [0.05, 0.1) is 26.6 Å². The van der Waals surface area contributed by atoms with E-state index in [-0.39, 0.29) is 0 Å². The zero-order chi connectivity index (χ0) is 20.5. The summed E-state index contributed by atoms with van der Waals surface area (Å²) in [5.41, 5.74) is 7.75. The maximum absolute atomic E-state index is 5.64. The van der Waals surface area contributed by atoms with Crippen molar-refractivity contribution in [2.24, 2.45) is 0 Å². The van der Waals surface area contributed by atoms with E-state index in [1.54, 1.807) is 14.2 Å². The number of rotatable bonds is 4. The summed E-state index contributed by atoms with van der Waals surface area (Å²) in [5.74, 6) is 1.58. The van der Waals surface area contributed by atoms with Gasteiger partial charge in [0, 0.05) is 29.9 Å². The van der Waals surface area contributed by atoms with Gasteiger partial charge in [-0.1, -0.05) is 48.5 Å². The predicted octanol–water partition coefficient (Wildman–Crippen LogP) is 4.91. The summed E-state index contributed by atoms with van der Waals surface area (Å²) >= 11 is 0. The number of para-hydroxylation sites is 1. The number of methoxy groups -OCH3 is 2. The Balaban J connectivity index is 1.69. The van der Waals surface area contributed by atoms with Crippen molar-refractivity contribution >= 4 is 17.0 Å². The van der Waals surface area contributed by atoms with Crippen LogP contribution in [0, 0.1) is 0 Å². The molecule has 2 aliphatic heterocycles. The Labute approximate surface area is 178 Å². The minimum absolute atomic E-state index is 0.781. The van der Waals surface area contributed by atoms with Crippen molar-refractivity contribution in [2.45, 2.75) is 6.42 Å². The number of anilines is 1. The Morgan fingerprint density at radius 3 is 2.13 bits per heavy atom. The van der Waals surface area contributed by atoms with E-state index in [1.165, 1.54) is 33.6 Å². The Morgan fingerprint density at radius 1 is 0.767 bits per heavy atom. The zero-order valence-electron chi connectivity index (χ0n) is 17.5. The van der Waals surface area contributed by atoms with Crippen molar-refractivity contribution in [3.05, 3.63) is 89.5 Å². The SMILES string of the molecule is COc1cc2c(cc1OC)C1=C(c3ccccc3)CN(c3ccccc3)CN1CC2. The fourth-order valence-corrected chi connectivity index (χ4v) is 4.58. The van der Waals surface area contributed by atoms with Crippen molar-refractivity contribution < 1.29 is 9.47 Å². The van der Waals surface area contributed by atoms with E-state index >= 15 is 0 Å². The molecule has 0 radical (unpaired) electrons. The summed E-state index contributed by atoms with van der Waals surface area (Å²) in [5, 5.41) is 0. The van der Waals surface area contributed by atoms with E-state index in [0.29, 0.717) is 0 Å². The molecule has 0 atom stereocenters. The summed E-state index contributed by atoms with van der Waals surface area (Å²) in [4.78, 5) is 4.96. The van der Waals surface area contributed by atoms with Crippen LogP contribution in [0.4, 0.5) is 5.69 Å². The van der Waals surface area contributed by atoms with Gasteiger partial charge in [-0.05, 0) is 41.8 Å². The first-order chi connectivity index (χ1) is 14.8. The fraction of sp³-hybridized carbons (Fsp3) is 0.231. The van der Waals surface area contributed by atoms with Crippen molar-refractivity contribution in [1.82, 2.24) is 4.90 Å². The highest BCUT2D eigenvalue weighted by Crippen LogP contribution is 2.43. The summed E-state index contributed by atoms with van der Waals surface area (Å²) in [6.07, 6.45) is 0.990. The number of hydrogen-bond donors (Lipinski definition) is 0. The number of ether oxygens (including phenoxy) is 2. The molecule has 5 rings (SSSR count). The lowest BCUT2D eigenvalue weighted by molar-refractivity contribution is 0.350. The Hall–Kier alpha value is -3.40. The molecular weight excluding hydrogens is 372 g/mol. The van der Waals surface area contributed by atoms with Gasteiger partial charge in [0.15, 0.2) is 11.5 Å². The van der Waals surface area contributed by atoms with E-state index < -0.39 is 0 Å². The molecule has 152 valence electrons. The summed E-state index contributed by atoms with van der Waals surface area (Å²) < 4.78 is 11.2. The predicted molar refractivity (Wildman–Crippen MR) is 122 cm³/mol. The molecule has 0 bridgehead atoms. The number of fused-ring (bicyclic) bond motifs is 3. The molecule has 30 heavy (non-hydrogen) atoms. The molecule has 3 aromatic rings. The lowest BCUT2D eigenvalue weighted by Gasteiger charge is -2.44. The highest BCUT2D eigenvalue weighted by atomic mass is 16.5. The van der Waals surface area contributed by atoms with Crippen molar-refractivity contribution in [1.29, 1.82) is 0 Å². The topological polar surface area (TPSA) is 24.9 Å². The van der Waals surface area contributed by atoms with E-state index in [2.05, 4.69) is 82.6 Å². The van der Waals surface area contributed by atoms with Gasteiger partial charge >= 0.3 is 0 Å². The van der Waals surface area contributed by atoms with Gasteiger partial charge in [0.2, 0.25) is 0 Å². The standard InChI is InChI=1S/C26H26N2O2/c1-29-24-15-20-13-14-27-18-28(21-11-7-4-8-12-21)17-23(19-9-5-3-6-10-19)26(27)22(20)16-25(24)30-2/h3-12,15-16H,13-14,17-18H2,1-2H3. The molecule has 2 heterocycles. The molecule has 0 aliphatic carbocycles. The average Bonchev–Trinajstić information content (AvgIpc) is 2.83. The molecule has 0 saturated carbocycles. The van der Waals surface area contributed by atoms with E-state index in [0.717, 1.165) is 37.7 Å². The lowest BCUT2D eigenvalue weighted by atomic mass is 9.89. The zero-order valence-corrected chi connectivity index (χ0v) is 17.5. The van der Waals surface area contributed by atoms with Crippen LogP contribution in [0.25, 0.3) is 11.3 Å². The monoisotopic (exact) mass is 398 g/mol. The average molecular weight is 399 g/mol. The number of hydrogen-bond acceptors (Lipinski definition) is 4. The molecule has 0 spiro atoms. The van der Waals surface area contributed by atoms with Gasteiger partial charge < -0.3 is 19.3 Å². The molecule has 0 unspecified atom stereocenters. The van der Waals surface area contributed by atoms with Gasteiger partial charge in [-0.3, -0.25) is 0 Å². The largest absolute Gasteiger partial charge is 0.493 e. The van der Waals surface area contributed by atoms with Crippen LogP contribution >= 0.6 is 0 Å². The fourth-order valence-electron chi connectivity index (χ4n) is 4.58. The van der Waals surface area contributed by atoms with Gasteiger partial charge in [-0.25, -0.2) is 0 Å². The summed E-state index contributed by atoms with van der Waals surface area (Å²) in [6.45, 7) is 2.73. The van der Waals surface area contributed by atoms with Crippen LogP contribution < -0.4 is 14.4 Å². The molecule has 0 N–H and O–H groups in total. The third kappa shape index (κ3) is 3.18. The Bertz CT molecular complexity index is 1080. The van der Waals surface area contributed by atoms with Crippen LogP contribution in [-0.4, -0.2) is 38.9 Å². The van der Waals surface area contributed by atoms with Crippen LogP contribution in [0.15, 0.2) is 72.8 Å². The van der Waals surface area contributed by atoms with Crippen LogP contribution in [0.3, 0.4) is 0 Å². The molecule has 2 aliphatic rings. The van der Waals surface area contributed by atoms with Crippen molar-refractivity contribution in [3.63, 3.8) is 0 Å². The Morgan fingerprint density at radius 2 is 1.43 bits per heavy atom. The van der Waals surface area contributed by atoms with E-state index in [9.17, 15) is 0 Å². The van der Waals surface area contributed by atoms with Gasteiger partial charge in [-0.15, -0.1) is 0 Å². The second-order valence-corrected chi connectivity index (χ2v) is 7.75. The second kappa shape index (κ2) is 7.79. The van der Waals surface area contributed by atoms with Gasteiger partial charge in [0.1, 0.15) is 0 Å². The highest BCUT2D eigenvalue weighted by molar-refractivity contribution is 5.95. The normalized spacial score (nSPS) is 15.5. The van der Waals surface area contributed by atoms with E-state index in [4.69, 9.17) is 9.47 Å². The Kier molecular flexibility index (Phi) is 4.83. The van der Waals surface area contributed by atoms with Gasteiger partial charge in [-0.2, -0.15) is 0 Å². The number of nitrogens with zero attached hydrogens (tertiary/aromatic N) is 2. The smallest absolute Gasteiger partial charge is 0.161 e. The van der Waals surface area contributed by atoms with Crippen LogP contribution in [0.2, 0.25) is 0 Å². The molecule has 0 amide bonds. The third-order valence-electron chi connectivity index (χ3n) is 6.05. The molecule has 0 fully saturated rings. The van der Waals surface area contributed by atoms with Crippen LogP contribution in [0.5, 0.6) is 11.5 Å². The maximum Gasteiger partial charge on any atom is 0.161 e. The first-order valence-electron chi connectivity index (χ1n) is 10.4. The minimum atomic E-state index is 0.781. The minimum Gasteiger partial charge on any atom is -0.493 e. The highest BCUT2D eigenvalue weighted by Gasteiger charge is 2.32.